The highest BCUT2D eigenvalue weighted by Gasteiger charge is 2.12. The Kier molecular flexibility index (Phi) is 11.3. The van der Waals surface area contributed by atoms with E-state index in [2.05, 4.69) is 36.5 Å². The van der Waals surface area contributed by atoms with E-state index in [0.29, 0.717) is 0 Å². The lowest BCUT2D eigenvalue weighted by Crippen LogP contribution is -2.39. The summed E-state index contributed by atoms with van der Waals surface area (Å²) in [5, 5.41) is 21.8. The van der Waals surface area contributed by atoms with E-state index in [1.807, 2.05) is 6.08 Å². The van der Waals surface area contributed by atoms with E-state index in [1.165, 1.54) is 24.8 Å². The minimum absolute atomic E-state index is 0. The molecule has 120 valence electrons. The zero-order valence-corrected chi connectivity index (χ0v) is 13.8. The third kappa shape index (κ3) is 7.63. The van der Waals surface area contributed by atoms with Crippen LogP contribution in [-0.4, -0.2) is 36.0 Å². The summed E-state index contributed by atoms with van der Waals surface area (Å²) in [5.41, 5.74) is 2.43. The van der Waals surface area contributed by atoms with Crippen molar-refractivity contribution < 1.29 is 10.2 Å². The molecule has 0 spiro atoms. The van der Waals surface area contributed by atoms with Crippen LogP contribution in [0.15, 0.2) is 30.3 Å². The second-order valence-corrected chi connectivity index (χ2v) is 5.13. The van der Waals surface area contributed by atoms with Gasteiger partial charge in [0.05, 0.1) is 18.8 Å². The number of benzene rings is 1. The van der Waals surface area contributed by atoms with Gasteiger partial charge < -0.3 is 15.5 Å². The van der Waals surface area contributed by atoms with Crippen molar-refractivity contribution in [3.63, 3.8) is 0 Å². The molecule has 1 aromatic carbocycles. The number of halogens is 1. The molecule has 0 radical (unpaired) electrons. The molecule has 0 unspecified atom stereocenters. The SMILES string of the molecule is CCCCCc1ccc(/C=C/[C@H](O)[C@@H](CO)NC)cc1.Cl. The van der Waals surface area contributed by atoms with Crippen LogP contribution in [0.25, 0.3) is 6.08 Å². The fraction of sp³-hybridized carbons (Fsp3) is 0.529. The van der Waals surface area contributed by atoms with Gasteiger partial charge in [0.2, 0.25) is 0 Å². The quantitative estimate of drug-likeness (QED) is 0.614. The van der Waals surface area contributed by atoms with Crippen LogP contribution in [0.3, 0.4) is 0 Å². The fourth-order valence-electron chi connectivity index (χ4n) is 2.09. The Hall–Kier alpha value is -0.870. The van der Waals surface area contributed by atoms with Crippen molar-refractivity contribution >= 4 is 18.5 Å². The topological polar surface area (TPSA) is 52.5 Å². The van der Waals surface area contributed by atoms with Crippen molar-refractivity contribution in [1.82, 2.24) is 5.32 Å². The number of hydrogen-bond acceptors (Lipinski definition) is 3. The maximum Gasteiger partial charge on any atom is 0.0899 e. The largest absolute Gasteiger partial charge is 0.395 e. The normalized spacial score (nSPS) is 13.9. The first kappa shape index (κ1) is 20.1. The van der Waals surface area contributed by atoms with Crippen LogP contribution < -0.4 is 5.32 Å². The summed E-state index contributed by atoms with van der Waals surface area (Å²) in [5.74, 6) is 0. The van der Waals surface area contributed by atoms with Crippen LogP contribution in [-0.2, 0) is 6.42 Å². The molecule has 0 aliphatic rings. The molecular formula is C17H28ClNO2. The van der Waals surface area contributed by atoms with Crippen LogP contribution in [0.4, 0.5) is 0 Å². The van der Waals surface area contributed by atoms with Gasteiger partial charge in [-0.1, -0.05) is 56.2 Å². The molecule has 0 amide bonds. The molecular weight excluding hydrogens is 286 g/mol. The summed E-state index contributed by atoms with van der Waals surface area (Å²) >= 11 is 0. The van der Waals surface area contributed by atoms with Crippen LogP contribution in [0.5, 0.6) is 0 Å². The lowest BCUT2D eigenvalue weighted by Gasteiger charge is -2.16. The lowest BCUT2D eigenvalue weighted by atomic mass is 10.0. The average Bonchev–Trinajstić information content (AvgIpc) is 2.48. The van der Waals surface area contributed by atoms with Crippen molar-refractivity contribution in [3.05, 3.63) is 41.5 Å². The van der Waals surface area contributed by atoms with Gasteiger partial charge in [-0.25, -0.2) is 0 Å². The Morgan fingerprint density at radius 1 is 1.19 bits per heavy atom. The van der Waals surface area contributed by atoms with Crippen molar-refractivity contribution in [1.29, 1.82) is 0 Å². The van der Waals surface area contributed by atoms with E-state index in [0.717, 1.165) is 12.0 Å². The highest BCUT2D eigenvalue weighted by molar-refractivity contribution is 5.85. The summed E-state index contributed by atoms with van der Waals surface area (Å²) in [4.78, 5) is 0. The fourth-order valence-corrected chi connectivity index (χ4v) is 2.09. The van der Waals surface area contributed by atoms with E-state index in [4.69, 9.17) is 5.11 Å². The van der Waals surface area contributed by atoms with Gasteiger partial charge in [-0.05, 0) is 31.0 Å². The zero-order valence-electron chi connectivity index (χ0n) is 13.0. The van der Waals surface area contributed by atoms with Gasteiger partial charge in [-0.2, -0.15) is 0 Å². The van der Waals surface area contributed by atoms with Gasteiger partial charge >= 0.3 is 0 Å². The van der Waals surface area contributed by atoms with Crippen molar-refractivity contribution in [2.75, 3.05) is 13.7 Å². The Bertz CT molecular complexity index is 388. The number of unbranched alkanes of at least 4 members (excludes halogenated alkanes) is 2. The van der Waals surface area contributed by atoms with Crippen LogP contribution >= 0.6 is 12.4 Å². The zero-order chi connectivity index (χ0) is 14.8. The predicted octanol–water partition coefficient (Wildman–Crippen LogP) is 2.80. The van der Waals surface area contributed by atoms with Gasteiger partial charge in [-0.3, -0.25) is 0 Å². The molecule has 0 saturated carbocycles. The highest BCUT2D eigenvalue weighted by Crippen LogP contribution is 2.10. The van der Waals surface area contributed by atoms with Crippen molar-refractivity contribution in [2.45, 2.75) is 44.8 Å². The number of aryl methyl sites for hydroxylation is 1. The predicted molar refractivity (Wildman–Crippen MR) is 91.9 cm³/mol. The van der Waals surface area contributed by atoms with Crippen molar-refractivity contribution in [3.8, 4) is 0 Å². The molecule has 3 N–H and O–H groups in total. The molecule has 3 nitrogen and oxygen atoms in total. The molecule has 21 heavy (non-hydrogen) atoms. The molecule has 0 bridgehead atoms. The number of likely N-dealkylation sites (N-methyl/N-ethyl adjacent to an activating group) is 1. The smallest absolute Gasteiger partial charge is 0.0899 e. The summed E-state index contributed by atoms with van der Waals surface area (Å²) in [6.07, 6.45) is 7.81. The Balaban J connectivity index is 0.00000400. The molecule has 0 saturated heterocycles. The Morgan fingerprint density at radius 3 is 2.38 bits per heavy atom. The number of nitrogens with one attached hydrogen (secondary N) is 1. The first-order chi connectivity index (χ1) is 9.71. The van der Waals surface area contributed by atoms with E-state index < -0.39 is 6.10 Å². The number of rotatable bonds is 9. The molecule has 0 aromatic heterocycles. The maximum absolute atomic E-state index is 9.86. The highest BCUT2D eigenvalue weighted by atomic mass is 35.5. The van der Waals surface area contributed by atoms with E-state index in [1.54, 1.807) is 13.1 Å². The Labute approximate surface area is 134 Å². The lowest BCUT2D eigenvalue weighted by molar-refractivity contribution is 0.128. The molecule has 0 aliphatic heterocycles. The van der Waals surface area contributed by atoms with E-state index in [-0.39, 0.29) is 25.1 Å². The summed E-state index contributed by atoms with van der Waals surface area (Å²) in [7, 11) is 1.73. The van der Waals surface area contributed by atoms with Gasteiger partial charge in [-0.15, -0.1) is 12.4 Å². The van der Waals surface area contributed by atoms with Gasteiger partial charge in [0.15, 0.2) is 0 Å². The molecule has 1 rings (SSSR count). The molecule has 1 aromatic rings. The van der Waals surface area contributed by atoms with Crippen LogP contribution in [0.2, 0.25) is 0 Å². The maximum atomic E-state index is 9.86. The monoisotopic (exact) mass is 313 g/mol. The second kappa shape index (κ2) is 11.8. The van der Waals surface area contributed by atoms with Crippen molar-refractivity contribution in [2.24, 2.45) is 0 Å². The first-order valence-electron chi connectivity index (χ1n) is 7.44. The molecule has 0 heterocycles. The molecule has 4 heteroatoms. The van der Waals surface area contributed by atoms with Gasteiger partial charge in [0.25, 0.3) is 0 Å². The number of aliphatic hydroxyl groups is 2. The average molecular weight is 314 g/mol. The minimum Gasteiger partial charge on any atom is -0.395 e. The summed E-state index contributed by atoms with van der Waals surface area (Å²) in [6, 6.07) is 8.10. The Morgan fingerprint density at radius 2 is 1.86 bits per heavy atom. The first-order valence-corrected chi connectivity index (χ1v) is 7.44. The molecule has 0 fully saturated rings. The summed E-state index contributed by atoms with van der Waals surface area (Å²) in [6.45, 7) is 2.13. The third-order valence-corrected chi connectivity index (χ3v) is 3.51. The number of aliphatic hydroxyl groups excluding tert-OH is 2. The van der Waals surface area contributed by atoms with Gasteiger partial charge in [0, 0.05) is 0 Å². The number of hydrogen-bond donors (Lipinski definition) is 3. The van der Waals surface area contributed by atoms with E-state index in [9.17, 15) is 5.11 Å². The standard InChI is InChI=1S/C17H27NO2.ClH/c1-3-4-5-6-14-7-9-15(10-8-14)11-12-17(20)16(13-19)18-2;/h7-12,16-20H,3-6,13H2,1-2H3;1H/b12-11+;/t16-,17+;/m1./s1. The minimum atomic E-state index is -0.686. The molecule has 0 aliphatic carbocycles. The summed E-state index contributed by atoms with van der Waals surface area (Å²) < 4.78 is 0. The molecule has 2 atom stereocenters. The van der Waals surface area contributed by atoms with E-state index >= 15 is 0 Å². The van der Waals surface area contributed by atoms with Gasteiger partial charge in [0.1, 0.15) is 0 Å². The third-order valence-electron chi connectivity index (χ3n) is 3.51. The van der Waals surface area contributed by atoms with Crippen LogP contribution in [0.1, 0.15) is 37.3 Å². The van der Waals surface area contributed by atoms with Crippen LogP contribution in [0, 0.1) is 0 Å². The second-order valence-electron chi connectivity index (χ2n) is 5.13.